The smallest absolute Gasteiger partial charge is 0.255 e. The number of hydrogen-bond acceptors (Lipinski definition) is 3. The summed E-state index contributed by atoms with van der Waals surface area (Å²) in [6.45, 7) is 3.62. The van der Waals surface area contributed by atoms with Gasteiger partial charge in [0.2, 0.25) is 0 Å². The van der Waals surface area contributed by atoms with Crippen LogP contribution in [0.25, 0.3) is 33.2 Å². The van der Waals surface area contributed by atoms with E-state index in [-0.39, 0.29) is 11.4 Å². The zero-order chi connectivity index (χ0) is 20.1. The van der Waals surface area contributed by atoms with E-state index in [9.17, 15) is 9.18 Å². The third-order valence-corrected chi connectivity index (χ3v) is 5.11. The molecule has 0 N–H and O–H groups in total. The van der Waals surface area contributed by atoms with Crippen molar-refractivity contribution in [3.05, 3.63) is 94.7 Å². The van der Waals surface area contributed by atoms with Crippen LogP contribution in [0, 0.1) is 19.7 Å². The Bertz CT molecular complexity index is 1470. The van der Waals surface area contributed by atoms with Crippen LogP contribution in [0.2, 0.25) is 0 Å². The highest BCUT2D eigenvalue weighted by molar-refractivity contribution is 6.04. The zero-order valence-electron chi connectivity index (χ0n) is 15.9. The standard InChI is InChI=1S/C23H17FN4O/c1-14-9-18(4-6-20(14)24)28-22(29)8-3-16-11-25-21-7-5-17(10-19(21)23(16)28)27-12-15(2)26-13-27/h3-13H,1-2H3. The first-order chi connectivity index (χ1) is 14.0. The highest BCUT2D eigenvalue weighted by Crippen LogP contribution is 2.27. The van der Waals surface area contributed by atoms with Crippen molar-refractivity contribution in [1.82, 2.24) is 19.1 Å². The molecule has 0 fully saturated rings. The van der Waals surface area contributed by atoms with Crippen LogP contribution in [0.3, 0.4) is 0 Å². The summed E-state index contributed by atoms with van der Waals surface area (Å²) in [6, 6.07) is 13.9. The average Bonchev–Trinajstić information content (AvgIpc) is 3.16. The summed E-state index contributed by atoms with van der Waals surface area (Å²) in [7, 11) is 0. The lowest BCUT2D eigenvalue weighted by Gasteiger charge is -2.14. The van der Waals surface area contributed by atoms with Gasteiger partial charge >= 0.3 is 0 Å². The largest absolute Gasteiger partial charge is 0.306 e. The molecular formula is C23H17FN4O. The Morgan fingerprint density at radius 2 is 1.76 bits per heavy atom. The Kier molecular flexibility index (Phi) is 3.81. The number of aromatic nitrogens is 4. The van der Waals surface area contributed by atoms with E-state index in [4.69, 9.17) is 0 Å². The quantitative estimate of drug-likeness (QED) is 0.422. The maximum atomic E-state index is 13.8. The van der Waals surface area contributed by atoms with Gasteiger partial charge in [-0.15, -0.1) is 0 Å². The molecule has 2 aromatic carbocycles. The lowest BCUT2D eigenvalue weighted by molar-refractivity contribution is 0.618. The predicted octanol–water partition coefficient (Wildman–Crippen LogP) is 4.48. The molecule has 0 aliphatic rings. The first kappa shape index (κ1) is 17.3. The molecule has 142 valence electrons. The second-order valence-corrected chi connectivity index (χ2v) is 7.13. The lowest BCUT2D eigenvalue weighted by atomic mass is 10.1. The van der Waals surface area contributed by atoms with Gasteiger partial charge in [0, 0.05) is 40.6 Å². The summed E-state index contributed by atoms with van der Waals surface area (Å²) in [5.41, 5.74) is 4.28. The van der Waals surface area contributed by atoms with Gasteiger partial charge in [-0.2, -0.15) is 0 Å². The molecule has 0 saturated carbocycles. The monoisotopic (exact) mass is 384 g/mol. The fraction of sp³-hybridized carbons (Fsp3) is 0.0870. The van der Waals surface area contributed by atoms with E-state index >= 15 is 0 Å². The molecule has 0 amide bonds. The number of fused-ring (bicyclic) bond motifs is 3. The van der Waals surface area contributed by atoms with E-state index in [1.165, 1.54) is 12.1 Å². The SMILES string of the molecule is Cc1cn(-c2ccc3ncc4ccc(=O)n(-c5ccc(F)c(C)c5)c4c3c2)cn1. The van der Waals surface area contributed by atoms with Crippen molar-refractivity contribution in [3.8, 4) is 11.4 Å². The lowest BCUT2D eigenvalue weighted by Crippen LogP contribution is -2.18. The van der Waals surface area contributed by atoms with Crippen LogP contribution >= 0.6 is 0 Å². The maximum absolute atomic E-state index is 13.8. The van der Waals surface area contributed by atoms with E-state index in [1.54, 1.807) is 42.2 Å². The van der Waals surface area contributed by atoms with Gasteiger partial charge in [0.05, 0.1) is 23.1 Å². The average molecular weight is 384 g/mol. The molecule has 0 radical (unpaired) electrons. The fourth-order valence-electron chi connectivity index (χ4n) is 3.65. The summed E-state index contributed by atoms with van der Waals surface area (Å²) >= 11 is 0. The number of aryl methyl sites for hydroxylation is 2. The van der Waals surface area contributed by atoms with E-state index in [1.807, 2.05) is 35.9 Å². The second-order valence-electron chi connectivity index (χ2n) is 7.13. The van der Waals surface area contributed by atoms with Gasteiger partial charge in [0.15, 0.2) is 0 Å². The Labute approximate surface area is 165 Å². The molecule has 5 aromatic rings. The molecule has 0 aliphatic heterocycles. The summed E-state index contributed by atoms with van der Waals surface area (Å²) in [6.07, 6.45) is 5.45. The molecule has 0 unspecified atom stereocenters. The number of pyridine rings is 2. The van der Waals surface area contributed by atoms with Crippen LogP contribution < -0.4 is 5.56 Å². The Morgan fingerprint density at radius 3 is 2.52 bits per heavy atom. The molecular weight excluding hydrogens is 367 g/mol. The molecule has 0 aliphatic carbocycles. The molecule has 0 bridgehead atoms. The topological polar surface area (TPSA) is 52.7 Å². The van der Waals surface area contributed by atoms with Gasteiger partial charge in [0.1, 0.15) is 5.82 Å². The molecule has 3 heterocycles. The van der Waals surface area contributed by atoms with Crippen LogP contribution in [-0.4, -0.2) is 19.1 Å². The number of imidazole rings is 1. The number of rotatable bonds is 2. The number of nitrogens with zero attached hydrogens (tertiary/aromatic N) is 4. The maximum Gasteiger partial charge on any atom is 0.255 e. The summed E-state index contributed by atoms with van der Waals surface area (Å²) < 4.78 is 17.4. The van der Waals surface area contributed by atoms with Crippen molar-refractivity contribution in [2.24, 2.45) is 0 Å². The van der Waals surface area contributed by atoms with Crippen molar-refractivity contribution < 1.29 is 4.39 Å². The molecule has 0 atom stereocenters. The molecule has 29 heavy (non-hydrogen) atoms. The Morgan fingerprint density at radius 1 is 0.931 bits per heavy atom. The van der Waals surface area contributed by atoms with Gasteiger partial charge in [-0.1, -0.05) is 0 Å². The minimum Gasteiger partial charge on any atom is -0.306 e. The highest BCUT2D eigenvalue weighted by atomic mass is 19.1. The van der Waals surface area contributed by atoms with E-state index in [0.29, 0.717) is 11.3 Å². The van der Waals surface area contributed by atoms with Crippen molar-refractivity contribution in [2.75, 3.05) is 0 Å². The first-order valence-electron chi connectivity index (χ1n) is 9.23. The van der Waals surface area contributed by atoms with E-state index in [2.05, 4.69) is 9.97 Å². The predicted molar refractivity (Wildman–Crippen MR) is 111 cm³/mol. The highest BCUT2D eigenvalue weighted by Gasteiger charge is 2.12. The summed E-state index contributed by atoms with van der Waals surface area (Å²) in [4.78, 5) is 21.7. The summed E-state index contributed by atoms with van der Waals surface area (Å²) in [5, 5.41) is 1.67. The molecule has 5 nitrogen and oxygen atoms in total. The fourth-order valence-corrected chi connectivity index (χ4v) is 3.65. The van der Waals surface area contributed by atoms with Crippen LogP contribution in [0.1, 0.15) is 11.3 Å². The Balaban J connectivity index is 1.89. The van der Waals surface area contributed by atoms with Crippen molar-refractivity contribution >= 4 is 21.8 Å². The molecule has 0 saturated heterocycles. The van der Waals surface area contributed by atoms with Crippen LogP contribution in [0.5, 0.6) is 0 Å². The van der Waals surface area contributed by atoms with Gasteiger partial charge in [-0.3, -0.25) is 14.3 Å². The molecule has 6 heteroatoms. The van der Waals surface area contributed by atoms with Gasteiger partial charge in [-0.05, 0) is 61.9 Å². The van der Waals surface area contributed by atoms with Gasteiger partial charge in [0.25, 0.3) is 5.56 Å². The third-order valence-electron chi connectivity index (χ3n) is 5.11. The number of hydrogen-bond donors (Lipinski definition) is 0. The molecule has 5 rings (SSSR count). The van der Waals surface area contributed by atoms with E-state index < -0.39 is 0 Å². The van der Waals surface area contributed by atoms with Gasteiger partial charge < -0.3 is 4.57 Å². The van der Waals surface area contributed by atoms with Crippen LogP contribution in [0.15, 0.2) is 72.0 Å². The minimum atomic E-state index is -0.300. The normalized spacial score (nSPS) is 11.4. The molecule has 3 aromatic heterocycles. The number of halogens is 1. The van der Waals surface area contributed by atoms with E-state index in [0.717, 1.165) is 33.2 Å². The summed E-state index contributed by atoms with van der Waals surface area (Å²) in [5.74, 6) is -0.300. The van der Waals surface area contributed by atoms with Crippen molar-refractivity contribution in [2.45, 2.75) is 13.8 Å². The Hall–Kier alpha value is -3.80. The molecule has 0 spiro atoms. The number of benzene rings is 2. The second kappa shape index (κ2) is 6.38. The third kappa shape index (κ3) is 2.81. The van der Waals surface area contributed by atoms with Gasteiger partial charge in [-0.25, -0.2) is 9.37 Å². The zero-order valence-corrected chi connectivity index (χ0v) is 15.9. The van der Waals surface area contributed by atoms with Crippen LogP contribution in [-0.2, 0) is 0 Å². The van der Waals surface area contributed by atoms with Crippen molar-refractivity contribution in [3.63, 3.8) is 0 Å². The first-order valence-corrected chi connectivity index (χ1v) is 9.23. The van der Waals surface area contributed by atoms with Crippen molar-refractivity contribution in [1.29, 1.82) is 0 Å². The minimum absolute atomic E-state index is 0.181. The van der Waals surface area contributed by atoms with Crippen LogP contribution in [0.4, 0.5) is 4.39 Å².